The average Bonchev–Trinajstić information content (AvgIpc) is 2.73. The summed E-state index contributed by atoms with van der Waals surface area (Å²) in [5.41, 5.74) is 3.30. The Bertz CT molecular complexity index is 598. The van der Waals surface area contributed by atoms with Crippen LogP contribution < -0.4 is 5.32 Å². The van der Waals surface area contributed by atoms with Gasteiger partial charge in [-0.05, 0) is 44.4 Å². The minimum Gasteiger partial charge on any atom is -0.352 e. The van der Waals surface area contributed by atoms with E-state index in [1.807, 2.05) is 33.0 Å². The van der Waals surface area contributed by atoms with Crippen molar-refractivity contribution in [1.29, 1.82) is 5.26 Å². The Labute approximate surface area is 126 Å². The highest BCUT2D eigenvalue weighted by Crippen LogP contribution is 2.19. The predicted molar refractivity (Wildman–Crippen MR) is 83.5 cm³/mol. The summed E-state index contributed by atoms with van der Waals surface area (Å²) >= 11 is 0. The quantitative estimate of drug-likeness (QED) is 0.685. The monoisotopic (exact) mass is 285 g/mol. The highest BCUT2D eigenvalue weighted by Gasteiger charge is 2.18. The van der Waals surface area contributed by atoms with Gasteiger partial charge in [-0.2, -0.15) is 5.26 Å². The number of nitrogens with one attached hydrogen (secondary N) is 1. The van der Waals surface area contributed by atoms with E-state index in [2.05, 4.69) is 9.88 Å². The van der Waals surface area contributed by atoms with Crippen LogP contribution in [-0.2, 0) is 11.8 Å². The first-order valence-corrected chi connectivity index (χ1v) is 7.58. The molecule has 21 heavy (non-hydrogen) atoms. The van der Waals surface area contributed by atoms with Gasteiger partial charge in [0.1, 0.15) is 11.6 Å². The molecule has 1 saturated carbocycles. The summed E-state index contributed by atoms with van der Waals surface area (Å²) in [5.74, 6) is -0.245. The van der Waals surface area contributed by atoms with Gasteiger partial charge in [-0.15, -0.1) is 0 Å². The number of aryl methyl sites for hydroxylation is 1. The fourth-order valence-electron chi connectivity index (χ4n) is 2.84. The molecule has 4 nitrogen and oxygen atoms in total. The summed E-state index contributed by atoms with van der Waals surface area (Å²) in [6, 6.07) is 4.26. The van der Waals surface area contributed by atoms with Gasteiger partial charge < -0.3 is 9.88 Å². The third-order valence-electron chi connectivity index (χ3n) is 4.42. The summed E-state index contributed by atoms with van der Waals surface area (Å²) < 4.78 is 2.06. The minimum absolute atomic E-state index is 0.189. The molecule has 0 unspecified atom stereocenters. The lowest BCUT2D eigenvalue weighted by atomic mass is 9.95. The van der Waals surface area contributed by atoms with Crippen LogP contribution in [0.5, 0.6) is 0 Å². The van der Waals surface area contributed by atoms with Crippen molar-refractivity contribution >= 4 is 12.0 Å². The number of nitriles is 1. The van der Waals surface area contributed by atoms with Crippen LogP contribution in [-0.4, -0.2) is 16.5 Å². The van der Waals surface area contributed by atoms with E-state index in [0.29, 0.717) is 0 Å². The number of hydrogen-bond acceptors (Lipinski definition) is 2. The summed E-state index contributed by atoms with van der Waals surface area (Å²) in [4.78, 5) is 12.2. The Morgan fingerprint density at radius 2 is 2.05 bits per heavy atom. The van der Waals surface area contributed by atoms with E-state index in [1.165, 1.54) is 6.42 Å². The Hall–Kier alpha value is -2.02. The molecule has 112 valence electrons. The van der Waals surface area contributed by atoms with Gasteiger partial charge in [0.25, 0.3) is 5.91 Å². The van der Waals surface area contributed by atoms with Crippen LogP contribution >= 0.6 is 0 Å². The predicted octanol–water partition coefficient (Wildman–Crippen LogP) is 3.00. The Morgan fingerprint density at radius 1 is 1.38 bits per heavy atom. The molecule has 0 atom stereocenters. The fraction of sp³-hybridized carbons (Fsp3) is 0.529. The van der Waals surface area contributed by atoms with Crippen molar-refractivity contribution in [3.63, 3.8) is 0 Å². The van der Waals surface area contributed by atoms with Crippen LogP contribution in [0.2, 0.25) is 0 Å². The maximum atomic E-state index is 12.2. The molecule has 0 radical (unpaired) electrons. The maximum absolute atomic E-state index is 12.2. The standard InChI is InChI=1S/C17H23N3O/c1-12-9-14(13(2)20(12)3)10-15(11-18)17(21)19-16-7-5-4-6-8-16/h9-10,16H,4-8H2,1-3H3,(H,19,21)/b15-10-. The molecule has 0 bridgehead atoms. The molecule has 1 fully saturated rings. The van der Waals surface area contributed by atoms with Crippen LogP contribution in [0.15, 0.2) is 11.6 Å². The molecule has 1 aromatic heterocycles. The van der Waals surface area contributed by atoms with Crippen LogP contribution in [0.1, 0.15) is 49.1 Å². The number of amides is 1. The van der Waals surface area contributed by atoms with E-state index in [0.717, 1.165) is 42.6 Å². The summed E-state index contributed by atoms with van der Waals surface area (Å²) in [6.07, 6.45) is 7.30. The van der Waals surface area contributed by atoms with Crippen LogP contribution in [0.3, 0.4) is 0 Å². The molecule has 0 saturated heterocycles. The van der Waals surface area contributed by atoms with Crippen molar-refractivity contribution < 1.29 is 4.79 Å². The van der Waals surface area contributed by atoms with Crippen molar-refractivity contribution in [3.05, 3.63) is 28.6 Å². The number of hydrogen-bond donors (Lipinski definition) is 1. The number of nitrogens with zero attached hydrogens (tertiary/aromatic N) is 2. The van der Waals surface area contributed by atoms with Crippen molar-refractivity contribution in [3.8, 4) is 6.07 Å². The van der Waals surface area contributed by atoms with E-state index in [1.54, 1.807) is 6.08 Å². The normalized spacial score (nSPS) is 16.6. The second-order valence-electron chi connectivity index (χ2n) is 5.86. The van der Waals surface area contributed by atoms with Gasteiger partial charge in [0.15, 0.2) is 0 Å². The molecule has 1 aliphatic carbocycles. The van der Waals surface area contributed by atoms with Gasteiger partial charge in [0.2, 0.25) is 0 Å². The van der Waals surface area contributed by atoms with E-state index < -0.39 is 0 Å². The first-order chi connectivity index (χ1) is 10.0. The van der Waals surface area contributed by atoms with E-state index >= 15 is 0 Å². The number of aromatic nitrogens is 1. The van der Waals surface area contributed by atoms with Gasteiger partial charge in [0, 0.05) is 24.5 Å². The molecule has 1 N–H and O–H groups in total. The van der Waals surface area contributed by atoms with E-state index in [4.69, 9.17) is 0 Å². The zero-order valence-corrected chi connectivity index (χ0v) is 13.1. The first-order valence-electron chi connectivity index (χ1n) is 7.58. The van der Waals surface area contributed by atoms with Gasteiger partial charge in [-0.1, -0.05) is 19.3 Å². The Morgan fingerprint density at radius 3 is 2.57 bits per heavy atom. The van der Waals surface area contributed by atoms with Crippen LogP contribution in [0, 0.1) is 25.2 Å². The third kappa shape index (κ3) is 3.55. The molecule has 0 spiro atoms. The number of carbonyl (C=O) groups is 1. The second-order valence-corrected chi connectivity index (χ2v) is 5.86. The summed E-state index contributed by atoms with van der Waals surface area (Å²) in [7, 11) is 1.98. The molecular weight excluding hydrogens is 262 g/mol. The smallest absolute Gasteiger partial charge is 0.262 e. The summed E-state index contributed by atoms with van der Waals surface area (Å²) in [6.45, 7) is 4.01. The Kier molecular flexibility index (Phi) is 4.85. The minimum atomic E-state index is -0.245. The Balaban J connectivity index is 2.14. The highest BCUT2D eigenvalue weighted by molar-refractivity contribution is 6.02. The van der Waals surface area contributed by atoms with Crippen LogP contribution in [0.25, 0.3) is 6.08 Å². The van der Waals surface area contributed by atoms with Gasteiger partial charge in [-0.25, -0.2) is 0 Å². The lowest BCUT2D eigenvalue weighted by Crippen LogP contribution is -2.36. The number of rotatable bonds is 3. The van der Waals surface area contributed by atoms with Crippen molar-refractivity contribution in [1.82, 2.24) is 9.88 Å². The van der Waals surface area contributed by atoms with Crippen molar-refractivity contribution in [2.75, 3.05) is 0 Å². The molecule has 0 aliphatic heterocycles. The molecule has 0 aromatic carbocycles. The largest absolute Gasteiger partial charge is 0.352 e. The number of carbonyl (C=O) groups excluding carboxylic acids is 1. The average molecular weight is 285 g/mol. The molecule has 1 aromatic rings. The van der Waals surface area contributed by atoms with E-state index in [9.17, 15) is 10.1 Å². The highest BCUT2D eigenvalue weighted by atomic mass is 16.1. The van der Waals surface area contributed by atoms with E-state index in [-0.39, 0.29) is 17.5 Å². The molecule has 1 amide bonds. The first kappa shape index (κ1) is 15.4. The maximum Gasteiger partial charge on any atom is 0.262 e. The zero-order chi connectivity index (χ0) is 15.4. The summed E-state index contributed by atoms with van der Waals surface area (Å²) in [5, 5.41) is 12.3. The molecule has 4 heteroatoms. The second kappa shape index (κ2) is 6.62. The van der Waals surface area contributed by atoms with Gasteiger partial charge in [-0.3, -0.25) is 4.79 Å². The molecule has 2 rings (SSSR count). The third-order valence-corrected chi connectivity index (χ3v) is 4.42. The lowest BCUT2D eigenvalue weighted by molar-refractivity contribution is -0.117. The lowest BCUT2D eigenvalue weighted by Gasteiger charge is -2.22. The topological polar surface area (TPSA) is 57.8 Å². The van der Waals surface area contributed by atoms with Crippen LogP contribution in [0.4, 0.5) is 0 Å². The fourth-order valence-corrected chi connectivity index (χ4v) is 2.84. The molecular formula is C17H23N3O. The zero-order valence-electron chi connectivity index (χ0n) is 13.1. The SMILES string of the molecule is Cc1cc(/C=C(/C#N)C(=O)NC2CCCCC2)c(C)n1C. The van der Waals surface area contributed by atoms with Gasteiger partial charge in [0.05, 0.1) is 0 Å². The van der Waals surface area contributed by atoms with Crippen molar-refractivity contribution in [2.45, 2.75) is 52.0 Å². The van der Waals surface area contributed by atoms with Crippen molar-refractivity contribution in [2.24, 2.45) is 7.05 Å². The molecule has 1 heterocycles. The molecule has 1 aliphatic rings. The van der Waals surface area contributed by atoms with Gasteiger partial charge >= 0.3 is 0 Å².